The van der Waals surface area contributed by atoms with E-state index in [2.05, 4.69) is 104 Å². The molecule has 0 saturated heterocycles. The van der Waals surface area contributed by atoms with Gasteiger partial charge in [0.1, 0.15) is 0 Å². The second-order valence-corrected chi connectivity index (χ2v) is 11.0. The average Bonchev–Trinajstić information content (AvgIpc) is 2.51. The minimum Gasteiger partial charge on any atom is -0.388 e. The van der Waals surface area contributed by atoms with E-state index in [1.165, 1.54) is 15.9 Å². The van der Waals surface area contributed by atoms with Gasteiger partial charge in [-0.15, -0.1) is 0 Å². The molecular weight excluding hydrogens is 633 g/mol. The number of hydrogen-bond acceptors (Lipinski definition) is 2. The van der Waals surface area contributed by atoms with E-state index in [9.17, 15) is 0 Å². The Kier molecular flexibility index (Phi) is 7.59. The zero-order chi connectivity index (χ0) is 16.2. The van der Waals surface area contributed by atoms with E-state index in [1.807, 2.05) is 19.9 Å². The Balaban J connectivity index is 2.73. The van der Waals surface area contributed by atoms with Crippen LogP contribution in [0.25, 0.3) is 0 Å². The maximum Gasteiger partial charge on any atom is 0.408 e. The molecule has 22 heavy (non-hydrogen) atoms. The molecule has 0 aliphatic rings. The van der Waals surface area contributed by atoms with Crippen LogP contribution in [0.3, 0.4) is 0 Å². The molecule has 2 aromatic carbocycles. The quantitative estimate of drug-likeness (QED) is 0.266. The standard InChI is InChI=1S/C16H17I3O2Si/c1-3-20-22(21-4-2,13-8-6-5-7-9-13)15-11-12(17)10-14(18)16(15)19/h5-11H,3-4H2,1-2H3. The van der Waals surface area contributed by atoms with Crippen LogP contribution in [0, 0.1) is 10.7 Å². The fourth-order valence-electron chi connectivity index (χ4n) is 2.38. The van der Waals surface area contributed by atoms with Gasteiger partial charge in [-0.3, -0.25) is 0 Å². The van der Waals surface area contributed by atoms with E-state index in [0.717, 1.165) is 5.19 Å². The molecule has 0 amide bonds. The van der Waals surface area contributed by atoms with Gasteiger partial charge in [0.2, 0.25) is 0 Å². The molecule has 0 atom stereocenters. The van der Waals surface area contributed by atoms with Gasteiger partial charge < -0.3 is 8.85 Å². The van der Waals surface area contributed by atoms with Crippen LogP contribution in [0.15, 0.2) is 42.5 Å². The Labute approximate surface area is 174 Å². The molecule has 0 N–H and O–H groups in total. The predicted molar refractivity (Wildman–Crippen MR) is 119 cm³/mol. The summed E-state index contributed by atoms with van der Waals surface area (Å²) in [6, 6.07) is 14.8. The van der Waals surface area contributed by atoms with Crippen molar-refractivity contribution in [2.45, 2.75) is 13.8 Å². The zero-order valence-electron chi connectivity index (χ0n) is 12.4. The van der Waals surface area contributed by atoms with Crippen molar-refractivity contribution in [2.24, 2.45) is 0 Å². The Bertz CT molecular complexity index is 629. The van der Waals surface area contributed by atoms with Crippen LogP contribution in [0.1, 0.15) is 13.8 Å². The molecule has 2 nitrogen and oxygen atoms in total. The van der Waals surface area contributed by atoms with Crippen molar-refractivity contribution in [3.63, 3.8) is 0 Å². The van der Waals surface area contributed by atoms with Gasteiger partial charge in [0, 0.05) is 29.1 Å². The molecule has 2 rings (SSSR count). The van der Waals surface area contributed by atoms with Crippen molar-refractivity contribution < 1.29 is 8.85 Å². The first kappa shape index (κ1) is 19.1. The lowest BCUT2D eigenvalue weighted by Crippen LogP contribution is -2.64. The normalized spacial score (nSPS) is 11.7. The van der Waals surface area contributed by atoms with Crippen LogP contribution in [-0.2, 0) is 8.85 Å². The lowest BCUT2D eigenvalue weighted by molar-refractivity contribution is 0.208. The largest absolute Gasteiger partial charge is 0.408 e. The Morgan fingerprint density at radius 1 is 0.909 bits per heavy atom. The van der Waals surface area contributed by atoms with E-state index in [-0.39, 0.29) is 0 Å². The summed E-state index contributed by atoms with van der Waals surface area (Å²) < 4.78 is 16.4. The third kappa shape index (κ3) is 4.05. The van der Waals surface area contributed by atoms with Crippen LogP contribution in [0.4, 0.5) is 0 Å². The molecule has 0 aliphatic heterocycles. The van der Waals surface area contributed by atoms with E-state index in [1.54, 1.807) is 0 Å². The molecule has 0 spiro atoms. The minimum atomic E-state index is -2.67. The van der Waals surface area contributed by atoms with E-state index < -0.39 is 8.56 Å². The van der Waals surface area contributed by atoms with E-state index in [0.29, 0.717) is 13.2 Å². The van der Waals surface area contributed by atoms with Gasteiger partial charge in [-0.25, -0.2) is 0 Å². The van der Waals surface area contributed by atoms with Gasteiger partial charge in [0.25, 0.3) is 0 Å². The summed E-state index contributed by atoms with van der Waals surface area (Å²) >= 11 is 7.17. The van der Waals surface area contributed by atoms with Gasteiger partial charge in [-0.1, -0.05) is 30.3 Å². The molecule has 0 saturated carbocycles. The number of hydrogen-bond donors (Lipinski definition) is 0. The summed E-state index contributed by atoms with van der Waals surface area (Å²) in [5.41, 5.74) is 0. The van der Waals surface area contributed by atoms with Crippen LogP contribution in [-0.4, -0.2) is 21.8 Å². The lowest BCUT2D eigenvalue weighted by atomic mass is 10.4. The molecule has 0 bridgehead atoms. The van der Waals surface area contributed by atoms with E-state index >= 15 is 0 Å². The topological polar surface area (TPSA) is 18.5 Å². The molecule has 0 aromatic heterocycles. The SMILES string of the molecule is CCO[Si](OCC)(c1ccccc1)c1cc(I)cc(I)c1I. The van der Waals surface area contributed by atoms with E-state index in [4.69, 9.17) is 8.85 Å². The highest BCUT2D eigenvalue weighted by molar-refractivity contribution is 14.1. The second-order valence-electron chi connectivity index (χ2n) is 4.60. The van der Waals surface area contributed by atoms with Crippen molar-refractivity contribution in [1.29, 1.82) is 0 Å². The first-order valence-corrected chi connectivity index (χ1v) is 12.1. The number of rotatable bonds is 6. The van der Waals surface area contributed by atoms with Gasteiger partial charge >= 0.3 is 8.56 Å². The first-order chi connectivity index (χ1) is 10.5. The van der Waals surface area contributed by atoms with Gasteiger partial charge in [0.15, 0.2) is 0 Å². The van der Waals surface area contributed by atoms with Crippen LogP contribution >= 0.6 is 67.8 Å². The third-order valence-electron chi connectivity index (χ3n) is 3.20. The molecule has 0 radical (unpaired) electrons. The molecule has 0 aliphatic carbocycles. The highest BCUT2D eigenvalue weighted by Crippen LogP contribution is 2.21. The van der Waals surface area contributed by atoms with Gasteiger partial charge in [-0.05, 0) is 98.9 Å². The van der Waals surface area contributed by atoms with Crippen molar-refractivity contribution in [3.05, 3.63) is 53.2 Å². The highest BCUT2D eigenvalue weighted by atomic mass is 127. The smallest absolute Gasteiger partial charge is 0.388 e. The third-order valence-corrected chi connectivity index (χ3v) is 11.0. The maximum absolute atomic E-state index is 6.34. The summed E-state index contributed by atoms with van der Waals surface area (Å²) in [7, 11) is -2.67. The fraction of sp³-hybridized carbons (Fsp3) is 0.250. The average molecular weight is 650 g/mol. The predicted octanol–water partition coefficient (Wildman–Crippen LogP) is 4.13. The summed E-state index contributed by atoms with van der Waals surface area (Å²) in [5, 5.41) is 2.37. The van der Waals surface area contributed by atoms with Crippen molar-refractivity contribution in [2.75, 3.05) is 13.2 Å². The summed E-state index contributed by atoms with van der Waals surface area (Å²) in [6.07, 6.45) is 0. The van der Waals surface area contributed by atoms with Crippen LogP contribution < -0.4 is 10.4 Å². The Hall–Kier alpha value is 0.767. The molecule has 2 aromatic rings. The molecule has 6 heteroatoms. The van der Waals surface area contributed by atoms with Gasteiger partial charge in [-0.2, -0.15) is 0 Å². The van der Waals surface area contributed by atoms with Crippen molar-refractivity contribution in [1.82, 2.24) is 0 Å². The lowest BCUT2D eigenvalue weighted by Gasteiger charge is -2.32. The van der Waals surface area contributed by atoms with Gasteiger partial charge in [0.05, 0.1) is 0 Å². The molecule has 118 valence electrons. The monoisotopic (exact) mass is 650 g/mol. The minimum absolute atomic E-state index is 0.638. The highest BCUT2D eigenvalue weighted by Gasteiger charge is 2.44. The molecule has 0 heterocycles. The number of benzene rings is 2. The summed E-state index contributed by atoms with van der Waals surface area (Å²) in [5.74, 6) is 0. The number of halogens is 3. The first-order valence-electron chi connectivity index (χ1n) is 7.03. The summed E-state index contributed by atoms with van der Waals surface area (Å²) in [6.45, 7) is 5.35. The zero-order valence-corrected chi connectivity index (χ0v) is 19.9. The molecular formula is C16H17I3O2Si. The van der Waals surface area contributed by atoms with Crippen molar-refractivity contribution in [3.8, 4) is 0 Å². The van der Waals surface area contributed by atoms with Crippen LogP contribution in [0.2, 0.25) is 0 Å². The summed E-state index contributed by atoms with van der Waals surface area (Å²) in [4.78, 5) is 0. The fourth-order valence-corrected chi connectivity index (χ4v) is 9.40. The molecule has 0 fully saturated rings. The maximum atomic E-state index is 6.34. The second kappa shape index (κ2) is 8.74. The van der Waals surface area contributed by atoms with Crippen LogP contribution in [0.5, 0.6) is 0 Å². The Morgan fingerprint density at radius 2 is 1.50 bits per heavy atom. The van der Waals surface area contributed by atoms with Crippen molar-refractivity contribution >= 4 is 86.7 Å². The molecule has 0 unspecified atom stereocenters. The Morgan fingerprint density at radius 3 is 2.05 bits per heavy atom.